The number of ether oxygens (including phenoxy) is 3. The maximum absolute atomic E-state index is 12.3. The van der Waals surface area contributed by atoms with Crippen LogP contribution in [-0.4, -0.2) is 48.9 Å². The van der Waals surface area contributed by atoms with Crippen LogP contribution in [0.5, 0.6) is 11.5 Å². The summed E-state index contributed by atoms with van der Waals surface area (Å²) in [5, 5.41) is 11.9. The number of aliphatic carboxylic acids is 1. The Balaban J connectivity index is 1.80. The van der Waals surface area contributed by atoms with Gasteiger partial charge in [0.05, 0.1) is 6.61 Å². The molecule has 7 heteroatoms. The van der Waals surface area contributed by atoms with E-state index in [2.05, 4.69) is 5.32 Å². The smallest absolute Gasteiger partial charge is 0.331 e. The van der Waals surface area contributed by atoms with Crippen LogP contribution in [0, 0.1) is 0 Å². The average molecular weight is 293 g/mol. The Morgan fingerprint density at radius 3 is 2.57 bits per heavy atom. The normalized spacial score (nSPS) is 23.6. The number of hydrogen-bond donors (Lipinski definition) is 2. The first-order valence-electron chi connectivity index (χ1n) is 6.64. The molecule has 1 atom stereocenters. The molecule has 3 rings (SSSR count). The summed E-state index contributed by atoms with van der Waals surface area (Å²) in [6, 6.07) is 4.77. The van der Waals surface area contributed by atoms with Gasteiger partial charge in [0.25, 0.3) is 5.91 Å². The highest BCUT2D eigenvalue weighted by atomic mass is 16.6. The van der Waals surface area contributed by atoms with Crippen molar-refractivity contribution in [2.24, 2.45) is 0 Å². The molecule has 0 aromatic heterocycles. The Bertz CT molecular complexity index is 579. The third kappa shape index (κ3) is 2.52. The Kier molecular flexibility index (Phi) is 3.42. The summed E-state index contributed by atoms with van der Waals surface area (Å²) < 4.78 is 15.9. The van der Waals surface area contributed by atoms with Crippen molar-refractivity contribution >= 4 is 11.9 Å². The topological polar surface area (TPSA) is 94.1 Å². The molecular weight excluding hydrogens is 278 g/mol. The highest BCUT2D eigenvalue weighted by molar-refractivity contribution is 5.98. The van der Waals surface area contributed by atoms with E-state index in [9.17, 15) is 14.7 Å². The van der Waals surface area contributed by atoms with E-state index < -0.39 is 17.4 Å². The van der Waals surface area contributed by atoms with Gasteiger partial charge in [0.15, 0.2) is 17.0 Å². The van der Waals surface area contributed by atoms with Crippen LogP contribution < -0.4 is 14.8 Å². The van der Waals surface area contributed by atoms with Crippen LogP contribution in [0.25, 0.3) is 0 Å². The van der Waals surface area contributed by atoms with E-state index in [0.717, 1.165) is 0 Å². The fourth-order valence-electron chi connectivity index (χ4n) is 2.36. The van der Waals surface area contributed by atoms with Crippen molar-refractivity contribution in [2.75, 3.05) is 26.4 Å². The second-order valence-electron chi connectivity index (χ2n) is 5.00. The Morgan fingerprint density at radius 1 is 1.14 bits per heavy atom. The summed E-state index contributed by atoms with van der Waals surface area (Å²) in [5.41, 5.74) is -1.03. The van der Waals surface area contributed by atoms with Gasteiger partial charge in [-0.1, -0.05) is 0 Å². The van der Waals surface area contributed by atoms with Gasteiger partial charge in [0.1, 0.15) is 13.2 Å². The van der Waals surface area contributed by atoms with E-state index in [1.165, 1.54) is 0 Å². The molecule has 2 aliphatic heterocycles. The molecule has 21 heavy (non-hydrogen) atoms. The van der Waals surface area contributed by atoms with Gasteiger partial charge in [-0.2, -0.15) is 0 Å². The molecule has 0 radical (unpaired) electrons. The van der Waals surface area contributed by atoms with Crippen molar-refractivity contribution in [3.8, 4) is 11.5 Å². The molecule has 0 aliphatic carbocycles. The molecule has 1 unspecified atom stereocenters. The molecule has 1 saturated heterocycles. The van der Waals surface area contributed by atoms with Gasteiger partial charge < -0.3 is 24.6 Å². The molecule has 2 N–H and O–H groups in total. The minimum absolute atomic E-state index is 0.0291. The molecule has 0 saturated carbocycles. The van der Waals surface area contributed by atoms with Crippen LogP contribution in [0.1, 0.15) is 16.8 Å². The van der Waals surface area contributed by atoms with E-state index in [4.69, 9.17) is 14.2 Å². The number of benzene rings is 1. The summed E-state index contributed by atoms with van der Waals surface area (Å²) in [6.07, 6.45) is 0.249. The summed E-state index contributed by atoms with van der Waals surface area (Å²) in [4.78, 5) is 23.7. The lowest BCUT2D eigenvalue weighted by Crippen LogP contribution is -2.55. The molecular formula is C14H15NO6. The predicted octanol–water partition coefficient (Wildman–Crippen LogP) is 0.431. The van der Waals surface area contributed by atoms with Crippen molar-refractivity contribution < 1.29 is 28.9 Å². The second-order valence-corrected chi connectivity index (χ2v) is 5.00. The first-order chi connectivity index (χ1) is 10.1. The van der Waals surface area contributed by atoms with E-state index >= 15 is 0 Å². The fraction of sp³-hybridized carbons (Fsp3) is 0.429. The molecule has 2 heterocycles. The van der Waals surface area contributed by atoms with E-state index in [-0.39, 0.29) is 13.0 Å². The molecule has 2 aliphatic rings. The molecule has 1 aromatic rings. The number of carbonyl (C=O) groups is 2. The molecule has 7 nitrogen and oxygen atoms in total. The van der Waals surface area contributed by atoms with Gasteiger partial charge in [-0.05, 0) is 18.2 Å². The van der Waals surface area contributed by atoms with Crippen molar-refractivity contribution in [1.82, 2.24) is 5.32 Å². The van der Waals surface area contributed by atoms with E-state index in [1.54, 1.807) is 18.2 Å². The first kappa shape index (κ1) is 13.7. The summed E-state index contributed by atoms with van der Waals surface area (Å²) in [5.74, 6) is -0.498. The number of carboxylic acids is 1. The van der Waals surface area contributed by atoms with Crippen molar-refractivity contribution in [1.29, 1.82) is 0 Å². The predicted molar refractivity (Wildman–Crippen MR) is 70.7 cm³/mol. The third-order valence-electron chi connectivity index (χ3n) is 3.59. The van der Waals surface area contributed by atoms with Gasteiger partial charge >= 0.3 is 5.97 Å². The zero-order valence-corrected chi connectivity index (χ0v) is 11.3. The molecule has 1 fully saturated rings. The number of nitrogens with one attached hydrogen (secondary N) is 1. The van der Waals surface area contributed by atoms with Crippen LogP contribution in [0.3, 0.4) is 0 Å². The number of carbonyl (C=O) groups excluding carboxylic acids is 1. The lowest BCUT2D eigenvalue weighted by atomic mass is 9.98. The number of fused-ring (bicyclic) bond motifs is 1. The minimum atomic E-state index is -1.36. The third-order valence-corrected chi connectivity index (χ3v) is 3.59. The van der Waals surface area contributed by atoms with Crippen molar-refractivity contribution in [3.05, 3.63) is 23.8 Å². The second kappa shape index (κ2) is 5.25. The fourth-order valence-corrected chi connectivity index (χ4v) is 2.36. The average Bonchev–Trinajstić information content (AvgIpc) is 2.96. The number of rotatable bonds is 3. The molecule has 112 valence electrons. The van der Waals surface area contributed by atoms with E-state index in [0.29, 0.717) is 36.9 Å². The number of carboxylic acid groups (broad SMARTS) is 1. The van der Waals surface area contributed by atoms with Gasteiger partial charge in [0.2, 0.25) is 0 Å². The van der Waals surface area contributed by atoms with Crippen molar-refractivity contribution in [2.45, 2.75) is 12.0 Å². The Labute approximate surface area is 120 Å². The maximum atomic E-state index is 12.3. The highest BCUT2D eigenvalue weighted by Gasteiger charge is 2.44. The first-order valence-corrected chi connectivity index (χ1v) is 6.64. The lowest BCUT2D eigenvalue weighted by molar-refractivity contribution is -0.144. The lowest BCUT2D eigenvalue weighted by Gasteiger charge is -2.24. The van der Waals surface area contributed by atoms with Crippen LogP contribution in [0.2, 0.25) is 0 Å². The van der Waals surface area contributed by atoms with Crippen molar-refractivity contribution in [3.63, 3.8) is 0 Å². The van der Waals surface area contributed by atoms with Crippen LogP contribution in [0.4, 0.5) is 0 Å². The Morgan fingerprint density at radius 2 is 1.90 bits per heavy atom. The van der Waals surface area contributed by atoms with E-state index in [1.807, 2.05) is 0 Å². The zero-order valence-electron chi connectivity index (χ0n) is 11.3. The molecule has 1 amide bonds. The number of amides is 1. The van der Waals surface area contributed by atoms with Gasteiger partial charge in [0, 0.05) is 18.6 Å². The largest absolute Gasteiger partial charge is 0.486 e. The van der Waals surface area contributed by atoms with Crippen LogP contribution in [0.15, 0.2) is 18.2 Å². The summed E-state index contributed by atoms with van der Waals surface area (Å²) >= 11 is 0. The standard InChI is InChI=1S/C14H15NO6/c16-12(15-14(13(17)18)3-4-19-8-14)9-1-2-10-11(7-9)21-6-5-20-10/h1-2,7H,3-6,8H2,(H,15,16)(H,17,18). The molecule has 1 aromatic carbocycles. The minimum Gasteiger partial charge on any atom is -0.486 e. The van der Waals surface area contributed by atoms with Gasteiger partial charge in [-0.3, -0.25) is 4.79 Å². The van der Waals surface area contributed by atoms with Gasteiger partial charge in [-0.15, -0.1) is 0 Å². The molecule has 0 bridgehead atoms. The number of hydrogen-bond acceptors (Lipinski definition) is 5. The quantitative estimate of drug-likeness (QED) is 0.839. The monoisotopic (exact) mass is 293 g/mol. The van der Waals surface area contributed by atoms with Gasteiger partial charge in [-0.25, -0.2) is 4.79 Å². The van der Waals surface area contributed by atoms with Crippen LogP contribution >= 0.6 is 0 Å². The maximum Gasteiger partial charge on any atom is 0.331 e. The summed E-state index contributed by atoms with van der Waals surface area (Å²) in [7, 11) is 0. The van der Waals surface area contributed by atoms with Crippen LogP contribution in [-0.2, 0) is 9.53 Å². The zero-order chi connectivity index (χ0) is 14.9. The Hall–Kier alpha value is -2.28. The summed E-state index contributed by atoms with van der Waals surface area (Å²) in [6.45, 7) is 1.18. The SMILES string of the molecule is O=C(NC1(C(=O)O)CCOC1)c1ccc2c(c1)OCCO2. The highest BCUT2D eigenvalue weighted by Crippen LogP contribution is 2.31. The molecule has 0 spiro atoms.